The lowest BCUT2D eigenvalue weighted by Gasteiger charge is -2.35. The molecule has 0 aromatic rings. The van der Waals surface area contributed by atoms with Crippen molar-refractivity contribution in [2.75, 3.05) is 32.7 Å². The molecule has 2 heterocycles. The molecule has 0 unspecified atom stereocenters. The molecule has 0 aliphatic carbocycles. The zero-order valence-corrected chi connectivity index (χ0v) is 16.3. The average molecular weight is 354 g/mol. The van der Waals surface area contributed by atoms with E-state index < -0.39 is 5.60 Å². The molecule has 2 amide bonds. The molecule has 0 radical (unpaired) electrons. The summed E-state index contributed by atoms with van der Waals surface area (Å²) in [6, 6.07) is 0.275. The van der Waals surface area contributed by atoms with Gasteiger partial charge in [-0.05, 0) is 59.4 Å². The van der Waals surface area contributed by atoms with Crippen molar-refractivity contribution in [1.29, 1.82) is 0 Å². The molecule has 2 saturated heterocycles. The van der Waals surface area contributed by atoms with E-state index in [9.17, 15) is 9.59 Å². The standard InChI is InChI=1S/C19H35N3O3/c1-5-10-21-12-8-16(9-13-21)20-17(23)15-7-6-11-22(14-15)18(24)25-19(2,3)4/h15-16H,5-14H2,1-4H3,(H,20,23)/t15-/m1/s1. The number of carbonyl (C=O) groups is 2. The Kier molecular flexibility index (Phi) is 7.11. The van der Waals surface area contributed by atoms with Crippen molar-refractivity contribution >= 4 is 12.0 Å². The number of nitrogens with one attached hydrogen (secondary N) is 1. The summed E-state index contributed by atoms with van der Waals surface area (Å²) in [5.74, 6) is -0.0165. The van der Waals surface area contributed by atoms with Gasteiger partial charge in [-0.1, -0.05) is 6.92 Å². The molecule has 0 saturated carbocycles. The van der Waals surface area contributed by atoms with Crippen molar-refractivity contribution in [1.82, 2.24) is 15.1 Å². The Morgan fingerprint density at radius 2 is 1.80 bits per heavy atom. The first-order valence-corrected chi connectivity index (χ1v) is 9.79. The normalized spacial score (nSPS) is 23.4. The molecule has 1 N–H and O–H groups in total. The molecule has 0 aromatic carbocycles. The monoisotopic (exact) mass is 353 g/mol. The van der Waals surface area contributed by atoms with Crippen LogP contribution in [0.5, 0.6) is 0 Å². The predicted molar refractivity (Wildman–Crippen MR) is 98.4 cm³/mol. The van der Waals surface area contributed by atoms with Crippen molar-refractivity contribution < 1.29 is 14.3 Å². The SMILES string of the molecule is CCCN1CCC(NC(=O)[C@@H]2CCCN(C(=O)OC(C)(C)C)C2)CC1. The van der Waals surface area contributed by atoms with Gasteiger partial charge in [-0.3, -0.25) is 4.79 Å². The van der Waals surface area contributed by atoms with Gasteiger partial charge < -0.3 is 19.9 Å². The van der Waals surface area contributed by atoms with Gasteiger partial charge in [0.05, 0.1) is 5.92 Å². The zero-order valence-electron chi connectivity index (χ0n) is 16.3. The van der Waals surface area contributed by atoms with Crippen LogP contribution in [0.4, 0.5) is 4.79 Å². The van der Waals surface area contributed by atoms with Gasteiger partial charge >= 0.3 is 6.09 Å². The van der Waals surface area contributed by atoms with Gasteiger partial charge in [-0.25, -0.2) is 4.79 Å². The summed E-state index contributed by atoms with van der Waals surface area (Å²) in [5.41, 5.74) is -0.501. The van der Waals surface area contributed by atoms with Crippen LogP contribution in [0.15, 0.2) is 0 Å². The minimum Gasteiger partial charge on any atom is -0.444 e. The lowest BCUT2D eigenvalue weighted by Crippen LogP contribution is -2.50. The minimum absolute atomic E-state index is 0.0993. The second kappa shape index (κ2) is 8.88. The van der Waals surface area contributed by atoms with Crippen molar-refractivity contribution in [3.05, 3.63) is 0 Å². The third-order valence-corrected chi connectivity index (χ3v) is 4.92. The van der Waals surface area contributed by atoms with Crippen LogP contribution in [-0.2, 0) is 9.53 Å². The van der Waals surface area contributed by atoms with Crippen LogP contribution < -0.4 is 5.32 Å². The molecule has 2 aliphatic heterocycles. The molecule has 6 heteroatoms. The number of piperidine rings is 2. The first kappa shape index (κ1) is 20.0. The summed E-state index contributed by atoms with van der Waals surface area (Å²) in [6.45, 7) is 12.2. The van der Waals surface area contributed by atoms with Crippen LogP contribution in [0.1, 0.15) is 59.8 Å². The second-order valence-electron chi connectivity index (χ2n) is 8.39. The van der Waals surface area contributed by atoms with E-state index in [0.717, 1.165) is 45.3 Å². The van der Waals surface area contributed by atoms with E-state index in [1.54, 1.807) is 4.90 Å². The number of nitrogens with zero attached hydrogens (tertiary/aromatic N) is 2. The third kappa shape index (κ3) is 6.49. The number of ether oxygens (including phenoxy) is 1. The quantitative estimate of drug-likeness (QED) is 0.844. The Balaban J connectivity index is 1.79. The summed E-state index contributed by atoms with van der Waals surface area (Å²) >= 11 is 0. The molecular weight excluding hydrogens is 318 g/mol. The van der Waals surface area contributed by atoms with E-state index in [1.165, 1.54) is 6.42 Å². The van der Waals surface area contributed by atoms with Crippen LogP contribution in [0.3, 0.4) is 0 Å². The smallest absolute Gasteiger partial charge is 0.410 e. The van der Waals surface area contributed by atoms with Gasteiger partial charge in [0.25, 0.3) is 0 Å². The van der Waals surface area contributed by atoms with Crippen LogP contribution in [0.25, 0.3) is 0 Å². The van der Waals surface area contributed by atoms with Crippen LogP contribution >= 0.6 is 0 Å². The summed E-state index contributed by atoms with van der Waals surface area (Å²) in [7, 11) is 0. The maximum Gasteiger partial charge on any atom is 0.410 e. The molecule has 1 atom stereocenters. The van der Waals surface area contributed by atoms with Gasteiger partial charge in [0.15, 0.2) is 0 Å². The Morgan fingerprint density at radius 3 is 2.40 bits per heavy atom. The summed E-state index contributed by atoms with van der Waals surface area (Å²) in [6.07, 6.45) is 4.62. The highest BCUT2D eigenvalue weighted by Crippen LogP contribution is 2.20. The van der Waals surface area contributed by atoms with Gasteiger partial charge in [0.1, 0.15) is 5.60 Å². The second-order valence-corrected chi connectivity index (χ2v) is 8.39. The van der Waals surface area contributed by atoms with Gasteiger partial charge in [0.2, 0.25) is 5.91 Å². The Morgan fingerprint density at radius 1 is 1.12 bits per heavy atom. The minimum atomic E-state index is -0.501. The molecule has 144 valence electrons. The first-order chi connectivity index (χ1) is 11.8. The van der Waals surface area contributed by atoms with Crippen LogP contribution in [-0.4, -0.2) is 66.2 Å². The molecule has 2 aliphatic rings. The maximum absolute atomic E-state index is 12.6. The fourth-order valence-electron chi connectivity index (χ4n) is 3.62. The molecule has 2 fully saturated rings. The van der Waals surface area contributed by atoms with E-state index in [4.69, 9.17) is 4.74 Å². The van der Waals surface area contributed by atoms with Crippen molar-refractivity contribution in [2.24, 2.45) is 5.92 Å². The lowest BCUT2D eigenvalue weighted by molar-refractivity contribution is -0.127. The maximum atomic E-state index is 12.6. The van der Waals surface area contributed by atoms with Gasteiger partial charge in [-0.2, -0.15) is 0 Å². The highest BCUT2D eigenvalue weighted by atomic mass is 16.6. The molecule has 0 aromatic heterocycles. The molecule has 25 heavy (non-hydrogen) atoms. The van der Waals surface area contributed by atoms with E-state index >= 15 is 0 Å². The highest BCUT2D eigenvalue weighted by Gasteiger charge is 2.32. The molecule has 2 rings (SSSR count). The van der Waals surface area contributed by atoms with E-state index in [-0.39, 0.29) is 24.0 Å². The number of hydrogen-bond donors (Lipinski definition) is 1. The van der Waals surface area contributed by atoms with Crippen molar-refractivity contribution in [3.8, 4) is 0 Å². The summed E-state index contributed by atoms with van der Waals surface area (Å²) in [4.78, 5) is 29.0. The number of amides is 2. The number of rotatable bonds is 4. The molecule has 6 nitrogen and oxygen atoms in total. The fourth-order valence-corrected chi connectivity index (χ4v) is 3.62. The lowest BCUT2D eigenvalue weighted by atomic mass is 9.96. The Hall–Kier alpha value is -1.30. The third-order valence-electron chi connectivity index (χ3n) is 4.92. The molecular formula is C19H35N3O3. The summed E-state index contributed by atoms with van der Waals surface area (Å²) < 4.78 is 5.44. The van der Waals surface area contributed by atoms with Crippen LogP contribution in [0, 0.1) is 5.92 Å². The average Bonchev–Trinajstić information content (AvgIpc) is 2.55. The predicted octanol–water partition coefficient (Wildman–Crippen LogP) is 2.62. The van der Waals surface area contributed by atoms with Gasteiger partial charge in [-0.15, -0.1) is 0 Å². The highest BCUT2D eigenvalue weighted by molar-refractivity contribution is 5.80. The van der Waals surface area contributed by atoms with Crippen LogP contribution in [0.2, 0.25) is 0 Å². The van der Waals surface area contributed by atoms with Gasteiger partial charge in [0, 0.05) is 32.2 Å². The Bertz CT molecular complexity index is 453. The zero-order chi connectivity index (χ0) is 18.4. The number of likely N-dealkylation sites (tertiary alicyclic amines) is 2. The fraction of sp³-hybridized carbons (Fsp3) is 0.895. The molecule has 0 spiro atoms. The first-order valence-electron chi connectivity index (χ1n) is 9.79. The van der Waals surface area contributed by atoms with E-state index in [0.29, 0.717) is 13.1 Å². The number of hydrogen-bond acceptors (Lipinski definition) is 4. The number of carbonyl (C=O) groups excluding carboxylic acids is 2. The van der Waals surface area contributed by atoms with E-state index in [2.05, 4.69) is 17.1 Å². The molecule has 0 bridgehead atoms. The largest absolute Gasteiger partial charge is 0.444 e. The van der Waals surface area contributed by atoms with Crippen molar-refractivity contribution in [3.63, 3.8) is 0 Å². The van der Waals surface area contributed by atoms with E-state index in [1.807, 2.05) is 20.8 Å². The summed E-state index contributed by atoms with van der Waals surface area (Å²) in [5, 5.41) is 3.21. The topological polar surface area (TPSA) is 61.9 Å². The Labute approximate surface area is 152 Å². The van der Waals surface area contributed by atoms with Crippen molar-refractivity contribution in [2.45, 2.75) is 71.4 Å².